The van der Waals surface area contributed by atoms with E-state index in [4.69, 9.17) is 4.74 Å². The molecule has 1 aliphatic heterocycles. The van der Waals surface area contributed by atoms with Gasteiger partial charge < -0.3 is 9.64 Å². The molecule has 0 N–H and O–H groups in total. The molecule has 0 spiro atoms. The number of likely N-dealkylation sites (tertiary alicyclic amines) is 1. The second-order valence-electron chi connectivity index (χ2n) is 5.42. The zero-order valence-electron chi connectivity index (χ0n) is 12.5. The third-order valence-electron chi connectivity index (χ3n) is 3.69. The van der Waals surface area contributed by atoms with Crippen LogP contribution >= 0.6 is 11.3 Å². The van der Waals surface area contributed by atoms with Crippen LogP contribution in [0.2, 0.25) is 0 Å². The number of ether oxygens (including phenoxy) is 1. The molecule has 3 rings (SSSR count). The summed E-state index contributed by atoms with van der Waals surface area (Å²) in [6, 6.07) is 5.84. The van der Waals surface area contributed by atoms with Crippen molar-refractivity contribution in [1.29, 1.82) is 0 Å². The third-order valence-corrected chi connectivity index (χ3v) is 4.53. The van der Waals surface area contributed by atoms with Crippen LogP contribution < -0.4 is 0 Å². The summed E-state index contributed by atoms with van der Waals surface area (Å²) in [6.45, 7) is 1.93. The summed E-state index contributed by atoms with van der Waals surface area (Å²) in [5.41, 5.74) is 0.744. The molecule has 0 saturated carbocycles. The van der Waals surface area contributed by atoms with E-state index in [1.807, 2.05) is 29.7 Å². The van der Waals surface area contributed by atoms with Gasteiger partial charge >= 0.3 is 6.09 Å². The molecule has 0 bridgehead atoms. The van der Waals surface area contributed by atoms with Crippen molar-refractivity contribution in [3.8, 4) is 0 Å². The van der Waals surface area contributed by atoms with Crippen LogP contribution in [0.25, 0.3) is 12.2 Å². The van der Waals surface area contributed by atoms with Gasteiger partial charge in [0.1, 0.15) is 6.10 Å². The topological polar surface area (TPSA) is 47.4 Å². The van der Waals surface area contributed by atoms with Crippen LogP contribution in [-0.4, -0.2) is 47.0 Å². The van der Waals surface area contributed by atoms with Gasteiger partial charge in [0.25, 0.3) is 0 Å². The van der Waals surface area contributed by atoms with Crippen LogP contribution in [0.5, 0.6) is 0 Å². The van der Waals surface area contributed by atoms with Gasteiger partial charge in [0.2, 0.25) is 0 Å². The molecule has 5 nitrogen and oxygen atoms in total. The first-order valence-corrected chi connectivity index (χ1v) is 8.25. The summed E-state index contributed by atoms with van der Waals surface area (Å²) in [4.78, 5) is 15.5. The van der Waals surface area contributed by atoms with Gasteiger partial charge in [-0.3, -0.25) is 0 Å². The fraction of sp³-hybridized carbons (Fsp3) is 0.375. The summed E-state index contributed by atoms with van der Waals surface area (Å²) in [5.74, 6) is 0. The quantitative estimate of drug-likeness (QED) is 0.872. The monoisotopic (exact) mass is 317 g/mol. The fourth-order valence-electron chi connectivity index (χ4n) is 2.38. The van der Waals surface area contributed by atoms with Crippen LogP contribution in [0.4, 0.5) is 4.79 Å². The molecule has 2 aromatic rings. The highest BCUT2D eigenvalue weighted by Crippen LogP contribution is 2.14. The summed E-state index contributed by atoms with van der Waals surface area (Å²) in [6.07, 6.45) is 6.89. The van der Waals surface area contributed by atoms with E-state index < -0.39 is 6.09 Å². The average Bonchev–Trinajstić information content (AvgIpc) is 3.18. The van der Waals surface area contributed by atoms with Gasteiger partial charge in [-0.1, -0.05) is 6.07 Å². The Labute approximate surface area is 133 Å². The molecule has 0 aromatic carbocycles. The third kappa shape index (κ3) is 3.84. The minimum Gasteiger partial charge on any atom is -0.444 e. The van der Waals surface area contributed by atoms with Gasteiger partial charge in [-0.15, -0.1) is 11.3 Å². The smallest absolute Gasteiger partial charge is 0.434 e. The van der Waals surface area contributed by atoms with E-state index in [-0.39, 0.29) is 6.10 Å². The lowest BCUT2D eigenvalue weighted by Crippen LogP contribution is -2.36. The lowest BCUT2D eigenvalue weighted by molar-refractivity contribution is 0.0561. The predicted octanol–water partition coefficient (Wildman–Crippen LogP) is 3.19. The van der Waals surface area contributed by atoms with Gasteiger partial charge in [0, 0.05) is 24.2 Å². The van der Waals surface area contributed by atoms with Crippen LogP contribution in [-0.2, 0) is 4.74 Å². The molecule has 0 aliphatic carbocycles. The summed E-state index contributed by atoms with van der Waals surface area (Å²) in [5, 5.41) is 6.26. The maximum absolute atomic E-state index is 12.1. The highest BCUT2D eigenvalue weighted by atomic mass is 32.1. The Kier molecular flexibility index (Phi) is 4.70. The molecule has 1 saturated heterocycles. The first kappa shape index (κ1) is 15.0. The Morgan fingerprint density at radius 3 is 2.91 bits per heavy atom. The molecule has 1 aliphatic rings. The number of rotatable bonds is 3. The van der Waals surface area contributed by atoms with Crippen molar-refractivity contribution in [3.63, 3.8) is 0 Å². The van der Waals surface area contributed by atoms with Crippen LogP contribution in [0.15, 0.2) is 29.8 Å². The predicted molar refractivity (Wildman–Crippen MR) is 87.9 cm³/mol. The molecule has 0 unspecified atom stereocenters. The van der Waals surface area contributed by atoms with Crippen molar-refractivity contribution in [3.05, 3.63) is 40.3 Å². The van der Waals surface area contributed by atoms with Crippen LogP contribution in [0, 0.1) is 0 Å². The van der Waals surface area contributed by atoms with E-state index in [1.165, 1.54) is 4.68 Å². The van der Waals surface area contributed by atoms with E-state index in [0.717, 1.165) is 36.5 Å². The highest BCUT2D eigenvalue weighted by Gasteiger charge is 2.21. The number of nitrogens with zero attached hydrogens (tertiary/aromatic N) is 3. The van der Waals surface area contributed by atoms with Gasteiger partial charge in [0.05, 0.1) is 5.69 Å². The van der Waals surface area contributed by atoms with E-state index in [2.05, 4.69) is 17.0 Å². The Morgan fingerprint density at radius 1 is 1.36 bits per heavy atom. The number of carbonyl (C=O) groups excluding carboxylic acids is 1. The lowest BCUT2D eigenvalue weighted by atomic mass is 10.1. The van der Waals surface area contributed by atoms with Crippen molar-refractivity contribution >= 4 is 29.6 Å². The highest BCUT2D eigenvalue weighted by molar-refractivity contribution is 7.10. The average molecular weight is 317 g/mol. The zero-order chi connectivity index (χ0) is 15.4. The van der Waals surface area contributed by atoms with Gasteiger partial charge in [-0.25, -0.2) is 4.79 Å². The summed E-state index contributed by atoms with van der Waals surface area (Å²) in [7, 11) is 2.08. The maximum atomic E-state index is 12.1. The van der Waals surface area contributed by atoms with Crippen molar-refractivity contribution < 1.29 is 9.53 Å². The largest absolute Gasteiger partial charge is 0.444 e. The Hall–Kier alpha value is -1.92. The lowest BCUT2D eigenvalue weighted by Gasteiger charge is -2.28. The van der Waals surface area contributed by atoms with Crippen molar-refractivity contribution in [2.75, 3.05) is 20.1 Å². The molecule has 0 amide bonds. The second kappa shape index (κ2) is 6.89. The number of thiophene rings is 1. The van der Waals surface area contributed by atoms with Gasteiger partial charge in [0.15, 0.2) is 0 Å². The number of aromatic nitrogens is 2. The van der Waals surface area contributed by atoms with Gasteiger partial charge in [-0.05, 0) is 49.6 Å². The van der Waals surface area contributed by atoms with Crippen molar-refractivity contribution in [2.45, 2.75) is 18.9 Å². The number of hydrogen-bond acceptors (Lipinski definition) is 5. The maximum Gasteiger partial charge on any atom is 0.434 e. The summed E-state index contributed by atoms with van der Waals surface area (Å²) >= 11 is 1.66. The molecule has 0 radical (unpaired) electrons. The molecule has 22 heavy (non-hydrogen) atoms. The number of piperidine rings is 1. The SMILES string of the molecule is CN1CCC(OC(=O)n2ccc(/C=C/c3cccs3)n2)CC1. The van der Waals surface area contributed by atoms with E-state index in [1.54, 1.807) is 23.6 Å². The van der Waals surface area contributed by atoms with Crippen LogP contribution in [0.3, 0.4) is 0 Å². The fourth-order valence-corrected chi connectivity index (χ4v) is 3.00. The molecule has 0 atom stereocenters. The first-order valence-electron chi connectivity index (χ1n) is 7.37. The zero-order valence-corrected chi connectivity index (χ0v) is 13.3. The minimum absolute atomic E-state index is 0.00184. The molecule has 3 heterocycles. The number of carbonyl (C=O) groups is 1. The Morgan fingerprint density at radius 2 is 2.18 bits per heavy atom. The second-order valence-corrected chi connectivity index (χ2v) is 6.40. The summed E-state index contributed by atoms with van der Waals surface area (Å²) < 4.78 is 6.77. The minimum atomic E-state index is -0.398. The molecule has 6 heteroatoms. The molecular formula is C16H19N3O2S. The number of hydrogen-bond donors (Lipinski definition) is 0. The molecule has 1 fully saturated rings. The van der Waals surface area contributed by atoms with Crippen molar-refractivity contribution in [1.82, 2.24) is 14.7 Å². The molecular weight excluding hydrogens is 298 g/mol. The Balaban J connectivity index is 1.57. The normalized spacial score (nSPS) is 17.1. The van der Waals surface area contributed by atoms with E-state index in [0.29, 0.717) is 0 Å². The molecule has 116 valence electrons. The Bertz CT molecular complexity index is 640. The van der Waals surface area contributed by atoms with E-state index >= 15 is 0 Å². The van der Waals surface area contributed by atoms with Crippen LogP contribution in [0.1, 0.15) is 23.4 Å². The first-order chi connectivity index (χ1) is 10.7. The van der Waals surface area contributed by atoms with Gasteiger partial charge in [-0.2, -0.15) is 9.78 Å². The standard InChI is InChI=1S/C16H19N3O2S/c1-18-9-7-14(8-10-18)21-16(20)19-11-6-13(17-19)4-5-15-3-2-12-22-15/h2-6,11-12,14H,7-10H2,1H3/b5-4+. The van der Waals surface area contributed by atoms with Crippen molar-refractivity contribution in [2.24, 2.45) is 0 Å². The van der Waals surface area contributed by atoms with E-state index in [9.17, 15) is 4.79 Å². The molecule has 2 aromatic heterocycles.